The van der Waals surface area contributed by atoms with Crippen LogP contribution in [0.5, 0.6) is 0 Å². The van der Waals surface area contributed by atoms with Crippen molar-refractivity contribution < 1.29 is 19.5 Å². The number of benzene rings is 2. The van der Waals surface area contributed by atoms with Gasteiger partial charge in [-0.05, 0) is 43.4 Å². The molecule has 0 unspecified atom stereocenters. The number of carbonyl (C=O) groups excluding carboxylic acids is 2. The number of aliphatic carboxylic acids is 1. The average Bonchev–Trinajstić information content (AvgIpc) is 2.75. The summed E-state index contributed by atoms with van der Waals surface area (Å²) < 4.78 is 0. The highest BCUT2D eigenvalue weighted by molar-refractivity contribution is 5.98. The maximum atomic E-state index is 13.0. The molecule has 0 bridgehead atoms. The van der Waals surface area contributed by atoms with E-state index in [2.05, 4.69) is 16.0 Å². The summed E-state index contributed by atoms with van der Waals surface area (Å²) in [5, 5.41) is 17.8. The standard InChI is InChI=1S/C24H31N3O4/c1-16(2)21(23(29)26-19-12-8-5-9-13-19)27-22(28)20(25-17(3)24(30)31)15-14-18-10-6-4-7-11-18/h4-13,16-17,20-21,25H,14-15H2,1-3H3,(H,26,29)(H,27,28)(H,30,31)/t17-,20+,21+/m1/s1. The van der Waals surface area contributed by atoms with Gasteiger partial charge in [-0.3, -0.25) is 19.7 Å². The van der Waals surface area contributed by atoms with Crippen LogP contribution in [0.3, 0.4) is 0 Å². The fourth-order valence-corrected chi connectivity index (χ4v) is 3.15. The first-order chi connectivity index (χ1) is 14.8. The molecule has 0 saturated heterocycles. The quantitative estimate of drug-likeness (QED) is 0.443. The van der Waals surface area contributed by atoms with E-state index in [9.17, 15) is 19.5 Å². The highest BCUT2D eigenvalue weighted by atomic mass is 16.4. The summed E-state index contributed by atoms with van der Waals surface area (Å²) in [6, 6.07) is 16.3. The SMILES string of the molecule is CC(C)[C@H](NC(=O)[C@H](CCc1ccccc1)N[C@H](C)C(=O)O)C(=O)Nc1ccccc1. The minimum Gasteiger partial charge on any atom is -0.480 e. The van der Waals surface area contributed by atoms with Crippen molar-refractivity contribution in [2.24, 2.45) is 5.92 Å². The third-order valence-corrected chi connectivity index (χ3v) is 4.99. The predicted octanol–water partition coefficient (Wildman–Crippen LogP) is 2.83. The van der Waals surface area contributed by atoms with Crippen molar-refractivity contribution in [3.63, 3.8) is 0 Å². The Balaban J connectivity index is 2.10. The molecule has 0 aliphatic heterocycles. The minimum absolute atomic E-state index is 0.153. The zero-order chi connectivity index (χ0) is 22.8. The lowest BCUT2D eigenvalue weighted by Gasteiger charge is -2.26. The van der Waals surface area contributed by atoms with E-state index in [-0.39, 0.29) is 11.8 Å². The molecule has 4 N–H and O–H groups in total. The monoisotopic (exact) mass is 425 g/mol. The molecular weight excluding hydrogens is 394 g/mol. The van der Waals surface area contributed by atoms with Crippen LogP contribution in [0.4, 0.5) is 5.69 Å². The second kappa shape index (κ2) is 11.9. The first-order valence-corrected chi connectivity index (χ1v) is 10.5. The lowest BCUT2D eigenvalue weighted by atomic mass is 10.0. The van der Waals surface area contributed by atoms with E-state index >= 15 is 0 Å². The van der Waals surface area contributed by atoms with Gasteiger partial charge in [-0.25, -0.2) is 0 Å². The molecule has 31 heavy (non-hydrogen) atoms. The zero-order valence-electron chi connectivity index (χ0n) is 18.2. The summed E-state index contributed by atoms with van der Waals surface area (Å²) >= 11 is 0. The maximum Gasteiger partial charge on any atom is 0.320 e. The van der Waals surface area contributed by atoms with Gasteiger partial charge in [-0.2, -0.15) is 0 Å². The van der Waals surface area contributed by atoms with Gasteiger partial charge in [0.1, 0.15) is 12.1 Å². The van der Waals surface area contributed by atoms with Gasteiger partial charge in [-0.15, -0.1) is 0 Å². The number of nitrogens with one attached hydrogen (secondary N) is 3. The summed E-state index contributed by atoms with van der Waals surface area (Å²) in [4.78, 5) is 37.1. The van der Waals surface area contributed by atoms with E-state index in [4.69, 9.17) is 0 Å². The molecule has 0 aliphatic rings. The topological polar surface area (TPSA) is 108 Å². The van der Waals surface area contributed by atoms with Gasteiger partial charge in [-0.1, -0.05) is 62.4 Å². The van der Waals surface area contributed by atoms with Crippen molar-refractivity contribution in [3.05, 3.63) is 66.2 Å². The van der Waals surface area contributed by atoms with Crippen molar-refractivity contribution in [3.8, 4) is 0 Å². The number of amides is 2. The molecule has 2 aromatic carbocycles. The number of anilines is 1. The molecule has 0 spiro atoms. The molecule has 7 heteroatoms. The van der Waals surface area contributed by atoms with E-state index < -0.39 is 30.0 Å². The fraction of sp³-hybridized carbons (Fsp3) is 0.375. The van der Waals surface area contributed by atoms with Crippen LogP contribution >= 0.6 is 0 Å². The summed E-state index contributed by atoms with van der Waals surface area (Å²) in [6.07, 6.45) is 0.999. The van der Waals surface area contributed by atoms with E-state index in [1.165, 1.54) is 6.92 Å². The highest BCUT2D eigenvalue weighted by Crippen LogP contribution is 2.11. The van der Waals surface area contributed by atoms with Crippen molar-refractivity contribution in [1.82, 2.24) is 10.6 Å². The van der Waals surface area contributed by atoms with Crippen LogP contribution in [0, 0.1) is 5.92 Å². The predicted molar refractivity (Wildman–Crippen MR) is 121 cm³/mol. The first kappa shape index (κ1) is 24.1. The molecule has 0 heterocycles. The summed E-state index contributed by atoms with van der Waals surface area (Å²) in [5.41, 5.74) is 1.69. The second-order valence-electron chi connectivity index (χ2n) is 7.89. The molecule has 0 aromatic heterocycles. The largest absolute Gasteiger partial charge is 0.480 e. The van der Waals surface area contributed by atoms with Crippen LogP contribution in [0.2, 0.25) is 0 Å². The molecule has 3 atom stereocenters. The van der Waals surface area contributed by atoms with E-state index in [1.807, 2.05) is 62.4 Å². The number of hydrogen-bond acceptors (Lipinski definition) is 4. The zero-order valence-corrected chi connectivity index (χ0v) is 18.2. The van der Waals surface area contributed by atoms with Gasteiger partial charge < -0.3 is 15.7 Å². The van der Waals surface area contributed by atoms with Crippen LogP contribution in [0.25, 0.3) is 0 Å². The molecule has 2 aromatic rings. The van der Waals surface area contributed by atoms with Gasteiger partial charge in [0.25, 0.3) is 0 Å². The Morgan fingerprint density at radius 3 is 2.00 bits per heavy atom. The van der Waals surface area contributed by atoms with Gasteiger partial charge in [0, 0.05) is 5.69 Å². The Kier molecular flexibility index (Phi) is 9.21. The maximum absolute atomic E-state index is 13.0. The third-order valence-electron chi connectivity index (χ3n) is 4.99. The van der Waals surface area contributed by atoms with E-state index in [0.29, 0.717) is 18.5 Å². The van der Waals surface area contributed by atoms with Gasteiger partial charge in [0.05, 0.1) is 6.04 Å². The molecule has 0 radical (unpaired) electrons. The fourth-order valence-electron chi connectivity index (χ4n) is 3.15. The van der Waals surface area contributed by atoms with Crippen molar-refractivity contribution in [2.75, 3.05) is 5.32 Å². The number of para-hydroxylation sites is 1. The smallest absolute Gasteiger partial charge is 0.320 e. The van der Waals surface area contributed by atoms with E-state index in [1.54, 1.807) is 12.1 Å². The highest BCUT2D eigenvalue weighted by Gasteiger charge is 2.29. The lowest BCUT2D eigenvalue weighted by molar-refractivity contribution is -0.139. The van der Waals surface area contributed by atoms with Crippen molar-refractivity contribution >= 4 is 23.5 Å². The molecule has 7 nitrogen and oxygen atoms in total. The number of aryl methyl sites for hydroxylation is 1. The van der Waals surface area contributed by atoms with E-state index in [0.717, 1.165) is 5.56 Å². The minimum atomic E-state index is -1.04. The third kappa shape index (κ3) is 7.86. The molecule has 166 valence electrons. The lowest BCUT2D eigenvalue weighted by Crippen LogP contribution is -2.55. The van der Waals surface area contributed by atoms with Crippen LogP contribution in [0.15, 0.2) is 60.7 Å². The Hall–Kier alpha value is -3.19. The van der Waals surface area contributed by atoms with Crippen molar-refractivity contribution in [1.29, 1.82) is 0 Å². The Labute approximate surface area is 183 Å². The Bertz CT molecular complexity index is 856. The Morgan fingerprint density at radius 2 is 1.45 bits per heavy atom. The van der Waals surface area contributed by atoms with Gasteiger partial charge in [0.2, 0.25) is 11.8 Å². The molecule has 2 rings (SSSR count). The molecular formula is C24H31N3O4. The Morgan fingerprint density at radius 1 is 0.871 bits per heavy atom. The summed E-state index contributed by atoms with van der Waals surface area (Å²) in [7, 11) is 0. The number of rotatable bonds is 11. The molecule has 2 amide bonds. The summed E-state index contributed by atoms with van der Waals surface area (Å²) in [6.45, 7) is 5.19. The molecule has 0 aliphatic carbocycles. The van der Waals surface area contributed by atoms with Gasteiger partial charge in [0.15, 0.2) is 0 Å². The van der Waals surface area contributed by atoms with Gasteiger partial charge >= 0.3 is 5.97 Å². The first-order valence-electron chi connectivity index (χ1n) is 10.5. The average molecular weight is 426 g/mol. The number of carboxylic acids is 1. The molecule has 0 saturated carbocycles. The molecule has 0 fully saturated rings. The summed E-state index contributed by atoms with van der Waals surface area (Å²) in [5.74, 6) is -1.91. The number of hydrogen-bond donors (Lipinski definition) is 4. The number of carboxylic acid groups (broad SMARTS) is 1. The number of carbonyl (C=O) groups is 3. The van der Waals surface area contributed by atoms with Crippen LogP contribution in [-0.4, -0.2) is 41.0 Å². The second-order valence-corrected chi connectivity index (χ2v) is 7.89. The van der Waals surface area contributed by atoms with Crippen LogP contribution in [-0.2, 0) is 20.8 Å². The van der Waals surface area contributed by atoms with Crippen LogP contribution < -0.4 is 16.0 Å². The van der Waals surface area contributed by atoms with Crippen molar-refractivity contribution in [2.45, 2.75) is 51.7 Å². The van der Waals surface area contributed by atoms with Crippen LogP contribution in [0.1, 0.15) is 32.8 Å². The normalized spacial score (nSPS) is 13.8.